The molecular weight excluding hydrogens is 246 g/mol. The molecule has 100 valence electrons. The Labute approximate surface area is 112 Å². The lowest BCUT2D eigenvalue weighted by molar-refractivity contribution is 0.0861. The average molecular weight is 267 g/mol. The Balaban J connectivity index is 1.48. The van der Waals surface area contributed by atoms with E-state index in [1.807, 2.05) is 6.92 Å². The summed E-state index contributed by atoms with van der Waals surface area (Å²) in [6.45, 7) is 12.6. The summed E-state index contributed by atoms with van der Waals surface area (Å²) in [5, 5.41) is 10.4. The van der Waals surface area contributed by atoms with Crippen LogP contribution in [0.1, 0.15) is 11.9 Å². The molecule has 1 aromatic rings. The van der Waals surface area contributed by atoms with Gasteiger partial charge in [0.15, 0.2) is 0 Å². The number of rotatable bonds is 3. The second-order valence-corrected chi connectivity index (χ2v) is 6.29. The van der Waals surface area contributed by atoms with Crippen LogP contribution in [0.25, 0.3) is 0 Å². The number of aromatic nitrogens is 2. The molecule has 0 N–H and O–H groups in total. The third-order valence-electron chi connectivity index (χ3n) is 4.02. The summed E-state index contributed by atoms with van der Waals surface area (Å²) in [6, 6.07) is 0.730. The molecule has 2 saturated heterocycles. The zero-order chi connectivity index (χ0) is 12.5. The zero-order valence-corrected chi connectivity index (χ0v) is 12.0. The Bertz CT molecular complexity index is 393. The maximum atomic E-state index is 4.21. The zero-order valence-electron chi connectivity index (χ0n) is 11.2. The van der Waals surface area contributed by atoms with E-state index in [1.54, 1.807) is 11.3 Å². The van der Waals surface area contributed by atoms with Gasteiger partial charge < -0.3 is 9.80 Å². The minimum atomic E-state index is 0.730. The van der Waals surface area contributed by atoms with Gasteiger partial charge in [-0.25, -0.2) is 0 Å². The van der Waals surface area contributed by atoms with Crippen LogP contribution in [0.4, 0.5) is 5.13 Å². The molecule has 0 aliphatic carbocycles. The molecule has 0 bridgehead atoms. The molecule has 0 spiro atoms. The van der Waals surface area contributed by atoms with E-state index in [1.165, 1.54) is 32.7 Å². The lowest BCUT2D eigenvalue weighted by atomic mass is 10.1. The minimum Gasteiger partial charge on any atom is -0.343 e. The quantitative estimate of drug-likeness (QED) is 0.804. The highest BCUT2D eigenvalue weighted by atomic mass is 32.1. The van der Waals surface area contributed by atoms with Gasteiger partial charge in [-0.3, -0.25) is 4.90 Å². The summed E-state index contributed by atoms with van der Waals surface area (Å²) in [4.78, 5) is 7.51. The number of piperazine rings is 1. The predicted octanol–water partition coefficient (Wildman–Crippen LogP) is 0.673. The number of hydrogen-bond acceptors (Lipinski definition) is 6. The molecule has 5 nitrogen and oxygen atoms in total. The van der Waals surface area contributed by atoms with Crippen LogP contribution in [0.3, 0.4) is 0 Å². The van der Waals surface area contributed by atoms with Crippen LogP contribution in [0.15, 0.2) is 0 Å². The molecule has 0 unspecified atom stereocenters. The maximum Gasteiger partial charge on any atom is 0.208 e. The van der Waals surface area contributed by atoms with Crippen molar-refractivity contribution in [2.75, 3.05) is 50.7 Å². The first-order chi connectivity index (χ1) is 8.76. The highest BCUT2D eigenvalue weighted by molar-refractivity contribution is 7.15. The standard InChI is InChI=1S/C12H21N5S/c1-3-15-4-6-16(7-5-15)11-8-17(9-11)12-14-13-10(2)18-12/h11H,3-9H2,1-2H3. The number of nitrogens with zero attached hydrogens (tertiary/aromatic N) is 5. The largest absolute Gasteiger partial charge is 0.343 e. The summed E-state index contributed by atoms with van der Waals surface area (Å²) < 4.78 is 0. The van der Waals surface area contributed by atoms with E-state index >= 15 is 0 Å². The lowest BCUT2D eigenvalue weighted by Gasteiger charge is -2.47. The van der Waals surface area contributed by atoms with E-state index < -0.39 is 0 Å². The van der Waals surface area contributed by atoms with E-state index in [9.17, 15) is 0 Å². The summed E-state index contributed by atoms with van der Waals surface area (Å²) in [6.07, 6.45) is 0. The highest BCUT2D eigenvalue weighted by Crippen LogP contribution is 2.26. The van der Waals surface area contributed by atoms with Crippen LogP contribution < -0.4 is 4.90 Å². The summed E-state index contributed by atoms with van der Waals surface area (Å²) in [5.41, 5.74) is 0. The van der Waals surface area contributed by atoms with Crippen molar-refractivity contribution >= 4 is 16.5 Å². The molecule has 2 aliphatic heterocycles. The van der Waals surface area contributed by atoms with Crippen molar-refractivity contribution in [2.45, 2.75) is 19.9 Å². The third kappa shape index (κ3) is 2.37. The van der Waals surface area contributed by atoms with E-state index in [4.69, 9.17) is 0 Å². The first-order valence-electron chi connectivity index (χ1n) is 6.77. The van der Waals surface area contributed by atoms with Crippen molar-refractivity contribution in [1.82, 2.24) is 20.0 Å². The van der Waals surface area contributed by atoms with Gasteiger partial charge in [0.05, 0.1) is 0 Å². The minimum absolute atomic E-state index is 0.730. The number of hydrogen-bond donors (Lipinski definition) is 0. The molecule has 3 rings (SSSR count). The van der Waals surface area contributed by atoms with E-state index in [0.29, 0.717) is 0 Å². The Morgan fingerprint density at radius 2 is 1.89 bits per heavy atom. The van der Waals surface area contributed by atoms with Crippen molar-refractivity contribution in [3.05, 3.63) is 5.01 Å². The molecule has 18 heavy (non-hydrogen) atoms. The monoisotopic (exact) mass is 267 g/mol. The molecular formula is C12H21N5S. The maximum absolute atomic E-state index is 4.21. The van der Waals surface area contributed by atoms with Crippen molar-refractivity contribution in [2.24, 2.45) is 0 Å². The van der Waals surface area contributed by atoms with Crippen LogP contribution in [0.5, 0.6) is 0 Å². The number of aryl methyl sites for hydroxylation is 1. The molecule has 0 amide bonds. The summed E-state index contributed by atoms with van der Waals surface area (Å²) >= 11 is 1.70. The molecule has 0 radical (unpaired) electrons. The van der Waals surface area contributed by atoms with Crippen molar-refractivity contribution in [3.63, 3.8) is 0 Å². The van der Waals surface area contributed by atoms with Gasteiger partial charge in [0, 0.05) is 45.3 Å². The van der Waals surface area contributed by atoms with Gasteiger partial charge in [-0.05, 0) is 13.5 Å². The topological polar surface area (TPSA) is 35.5 Å². The van der Waals surface area contributed by atoms with Crippen LogP contribution >= 0.6 is 11.3 Å². The second-order valence-electron chi connectivity index (χ2n) is 5.13. The van der Waals surface area contributed by atoms with Crippen LogP contribution in [0, 0.1) is 6.92 Å². The number of anilines is 1. The van der Waals surface area contributed by atoms with Gasteiger partial charge in [0.1, 0.15) is 5.01 Å². The fourth-order valence-electron chi connectivity index (χ4n) is 2.70. The van der Waals surface area contributed by atoms with E-state index in [-0.39, 0.29) is 0 Å². The van der Waals surface area contributed by atoms with Crippen LogP contribution in [-0.4, -0.2) is 71.9 Å². The molecule has 0 saturated carbocycles. The molecule has 2 aliphatic rings. The summed E-state index contributed by atoms with van der Waals surface area (Å²) in [5.74, 6) is 0. The third-order valence-corrected chi connectivity index (χ3v) is 4.92. The van der Waals surface area contributed by atoms with Crippen LogP contribution in [-0.2, 0) is 0 Å². The molecule has 0 aromatic carbocycles. The first kappa shape index (κ1) is 12.3. The van der Waals surface area contributed by atoms with Gasteiger partial charge >= 0.3 is 0 Å². The SMILES string of the molecule is CCN1CCN(C2CN(c3nnc(C)s3)C2)CC1. The van der Waals surface area contributed by atoms with E-state index in [0.717, 1.165) is 29.3 Å². The van der Waals surface area contributed by atoms with Crippen molar-refractivity contribution in [1.29, 1.82) is 0 Å². The fourth-order valence-corrected chi connectivity index (χ4v) is 3.41. The molecule has 3 heterocycles. The van der Waals surface area contributed by atoms with E-state index in [2.05, 4.69) is 31.8 Å². The lowest BCUT2D eigenvalue weighted by Crippen LogP contribution is -2.63. The summed E-state index contributed by atoms with van der Waals surface area (Å²) in [7, 11) is 0. The Kier molecular flexibility index (Phi) is 3.50. The van der Waals surface area contributed by atoms with Crippen molar-refractivity contribution in [3.8, 4) is 0 Å². The van der Waals surface area contributed by atoms with Crippen LogP contribution in [0.2, 0.25) is 0 Å². The molecule has 2 fully saturated rings. The Morgan fingerprint density at radius 1 is 1.17 bits per heavy atom. The Morgan fingerprint density at radius 3 is 2.44 bits per heavy atom. The van der Waals surface area contributed by atoms with Gasteiger partial charge in [-0.2, -0.15) is 0 Å². The van der Waals surface area contributed by atoms with Gasteiger partial charge in [-0.1, -0.05) is 18.3 Å². The van der Waals surface area contributed by atoms with Gasteiger partial charge in [0.25, 0.3) is 0 Å². The van der Waals surface area contributed by atoms with Gasteiger partial charge in [-0.15, -0.1) is 10.2 Å². The normalized spacial score (nSPS) is 23.3. The first-order valence-corrected chi connectivity index (χ1v) is 7.59. The smallest absolute Gasteiger partial charge is 0.208 e. The molecule has 1 aromatic heterocycles. The highest BCUT2D eigenvalue weighted by Gasteiger charge is 2.34. The second kappa shape index (κ2) is 5.11. The van der Waals surface area contributed by atoms with Gasteiger partial charge in [0.2, 0.25) is 5.13 Å². The molecule has 0 atom stereocenters. The average Bonchev–Trinajstić information content (AvgIpc) is 2.75. The Hall–Kier alpha value is -0.720. The van der Waals surface area contributed by atoms with Crippen molar-refractivity contribution < 1.29 is 0 Å². The molecule has 6 heteroatoms. The number of likely N-dealkylation sites (N-methyl/N-ethyl adjacent to an activating group) is 1. The fraction of sp³-hybridized carbons (Fsp3) is 0.833. The predicted molar refractivity (Wildman–Crippen MR) is 74.3 cm³/mol.